The summed E-state index contributed by atoms with van der Waals surface area (Å²) in [6.45, 7) is 6.32. The predicted octanol–water partition coefficient (Wildman–Crippen LogP) is 11.8. The van der Waals surface area contributed by atoms with Crippen LogP contribution in [-0.2, 0) is 25.4 Å². The molecule has 84 heavy (non-hydrogen) atoms. The lowest BCUT2D eigenvalue weighted by Crippen LogP contribution is -2.32. The summed E-state index contributed by atoms with van der Waals surface area (Å²) in [6.07, 6.45) is 37.7. The van der Waals surface area contributed by atoms with Gasteiger partial charge in [-0.3, -0.25) is 4.79 Å². The minimum Gasteiger partial charge on any atom is -0.497 e. The van der Waals surface area contributed by atoms with Crippen LogP contribution in [0.4, 0.5) is 0 Å². The zero-order valence-corrected chi connectivity index (χ0v) is 48.3. The van der Waals surface area contributed by atoms with Gasteiger partial charge in [0.15, 0.2) is 37.2 Å². The second-order valence-corrected chi connectivity index (χ2v) is 22.1. The number of aromatic amines is 2. The molecule has 0 fully saturated rings. The molecule has 0 saturated carbocycles. The fourth-order valence-corrected chi connectivity index (χ4v) is 11.9. The van der Waals surface area contributed by atoms with Gasteiger partial charge in [0.2, 0.25) is 5.91 Å². The first-order valence-corrected chi connectivity index (χ1v) is 28.9. The summed E-state index contributed by atoms with van der Waals surface area (Å²) in [6, 6.07) is 29.5. The number of H-pyrrole nitrogens is 2. The Morgan fingerprint density at radius 3 is 1.81 bits per heavy atom. The number of fused-ring (bicyclic) bond motifs is 9. The van der Waals surface area contributed by atoms with Crippen molar-refractivity contribution in [2.45, 2.75) is 52.5 Å². The highest BCUT2D eigenvalue weighted by Gasteiger charge is 2.28. The molecule has 1 amide bonds. The van der Waals surface area contributed by atoms with Crippen LogP contribution < -0.4 is 28.5 Å². The third kappa shape index (κ3) is 10.5. The maximum absolute atomic E-state index is 12.9. The number of aromatic nitrogens is 5. The van der Waals surface area contributed by atoms with Crippen LogP contribution in [0.25, 0.3) is 49.3 Å². The highest BCUT2D eigenvalue weighted by atomic mass is 16.5. The molecule has 5 aromatic heterocycles. The first-order chi connectivity index (χ1) is 41.0. The number of ether oxygens (including phenoxy) is 2. The molecular weight excluding hydrogens is 1040 g/mol. The second kappa shape index (κ2) is 22.7. The van der Waals surface area contributed by atoms with Gasteiger partial charge < -0.3 is 29.7 Å². The maximum Gasteiger partial charge on any atom is 0.219 e. The smallest absolute Gasteiger partial charge is 0.219 e. The van der Waals surface area contributed by atoms with Crippen LogP contribution in [-0.4, -0.2) is 65.2 Å². The maximum atomic E-state index is 12.9. The Hall–Kier alpha value is -10.0. The highest BCUT2D eigenvalue weighted by molar-refractivity contribution is 6.36. The minimum absolute atomic E-state index is 0.0757. The van der Waals surface area contributed by atoms with E-state index in [9.17, 15) is 4.79 Å². The molecular formula is C71H67N10O3+3. The Morgan fingerprint density at radius 2 is 1.18 bits per heavy atom. The minimum atomic E-state index is 0.0757. The number of aryl methyl sites for hydroxylation is 5. The van der Waals surface area contributed by atoms with Crippen LogP contribution >= 0.6 is 0 Å². The first-order valence-electron chi connectivity index (χ1n) is 28.9. The summed E-state index contributed by atoms with van der Waals surface area (Å²) in [5, 5.41) is 8.06. The molecule has 416 valence electrons. The van der Waals surface area contributed by atoms with Gasteiger partial charge in [0.1, 0.15) is 32.1 Å². The van der Waals surface area contributed by atoms with Crippen molar-refractivity contribution >= 4 is 72.3 Å². The van der Waals surface area contributed by atoms with Crippen molar-refractivity contribution in [1.29, 1.82) is 0 Å². The van der Waals surface area contributed by atoms with E-state index in [2.05, 4.69) is 199 Å². The Kier molecular flexibility index (Phi) is 14.4. The molecule has 3 N–H and O–H groups in total. The first kappa shape index (κ1) is 53.3. The van der Waals surface area contributed by atoms with Crippen LogP contribution in [0, 0.1) is 13.8 Å². The van der Waals surface area contributed by atoms with Gasteiger partial charge in [-0.15, -0.1) is 0 Å². The van der Waals surface area contributed by atoms with Gasteiger partial charge in [0.25, 0.3) is 0 Å². The lowest BCUT2D eigenvalue weighted by Gasteiger charge is -2.16. The summed E-state index contributed by atoms with van der Waals surface area (Å²) in [4.78, 5) is 38.8. The van der Waals surface area contributed by atoms with Crippen LogP contribution in [0.2, 0.25) is 0 Å². The summed E-state index contributed by atoms with van der Waals surface area (Å²) in [5.41, 5.74) is 19.4. The molecule has 0 spiro atoms. The van der Waals surface area contributed by atoms with Crippen molar-refractivity contribution in [1.82, 2.24) is 20.2 Å². The Bertz CT molecular complexity index is 4380. The number of benzene rings is 3. The molecule has 0 saturated heterocycles. The summed E-state index contributed by atoms with van der Waals surface area (Å²) >= 11 is 0. The van der Waals surface area contributed by atoms with Gasteiger partial charge in [-0.2, -0.15) is 0 Å². The number of pyridine rings is 3. The normalized spacial score (nSPS) is 15.5. The quantitative estimate of drug-likeness (QED) is 0.0697. The lowest BCUT2D eigenvalue weighted by atomic mass is 9.97. The fourth-order valence-electron chi connectivity index (χ4n) is 11.9. The number of hydrogen-bond acceptors (Lipinski definition) is 7. The van der Waals surface area contributed by atoms with Crippen molar-refractivity contribution < 1.29 is 28.0 Å². The number of methoxy groups -OCH3 is 1. The molecule has 3 aromatic carbocycles. The van der Waals surface area contributed by atoms with Gasteiger partial charge in [0, 0.05) is 125 Å². The molecule has 13 rings (SSSR count). The van der Waals surface area contributed by atoms with E-state index < -0.39 is 0 Å². The number of rotatable bonds is 15. The Balaban J connectivity index is 0.701. The number of amides is 1. The van der Waals surface area contributed by atoms with Crippen molar-refractivity contribution in [3.8, 4) is 11.5 Å². The molecule has 5 aliphatic heterocycles. The number of aliphatic imine (C=N–C) groups is 3. The Labute approximate surface area is 489 Å². The zero-order chi connectivity index (χ0) is 57.4. The standard InChI is InChI=1S/C71H65N10O3/c1-45-55-44-81(41-32-53(55)46(2)71-66(45)54-43-52(83-6)16-17-56(54)77-71)34-9-7-8-11-65(82)72-33-10-42-84-51-14-12-47(13-15-51)67-57-18-20-59(73-57)68(48-26-35-78(3)36-27-48)61-22-24-63(75-61)70(50-30-39-80(5)40-31-50)64-25-23-62(76-64)69(60-21-19-58(67)74-60)49-28-37-79(4)38-29-49/h12-32,35-41,43-44H,7-11,33-34,42H2,1-6H3,(H-,72,73,74,75,76,82)/q+1/p+2. The van der Waals surface area contributed by atoms with Crippen molar-refractivity contribution in [3.63, 3.8) is 0 Å². The number of unbranched alkanes of at least 4 members (excludes halogenated alkanes) is 2. The average molecular weight is 1110 g/mol. The molecule has 0 unspecified atom stereocenters. The van der Waals surface area contributed by atoms with E-state index in [4.69, 9.17) is 24.5 Å². The number of hydrogen-bond donors (Lipinski definition) is 3. The van der Waals surface area contributed by atoms with Crippen molar-refractivity contribution in [2.75, 3.05) is 27.3 Å². The van der Waals surface area contributed by atoms with Gasteiger partial charge in [-0.05, 0) is 163 Å². The fraction of sp³-hybridized carbons (Fsp3) is 0.197. The molecule has 8 aromatic rings. The third-order valence-corrected chi connectivity index (χ3v) is 16.4. The van der Waals surface area contributed by atoms with Crippen LogP contribution in [0.15, 0.2) is 226 Å². The lowest BCUT2D eigenvalue weighted by molar-refractivity contribution is -0.696. The summed E-state index contributed by atoms with van der Waals surface area (Å²) in [5.74, 6) is 1.68. The van der Waals surface area contributed by atoms with E-state index >= 15 is 0 Å². The number of allylic oxidation sites excluding steroid dienone is 11. The van der Waals surface area contributed by atoms with Crippen LogP contribution in [0.3, 0.4) is 0 Å². The monoisotopic (exact) mass is 1110 g/mol. The van der Waals surface area contributed by atoms with E-state index in [0.29, 0.717) is 26.0 Å². The highest BCUT2D eigenvalue weighted by Crippen LogP contribution is 2.40. The average Bonchev–Trinajstić information content (AvgIpc) is 3.58. The number of carbonyl (C=O) groups is 1. The van der Waals surface area contributed by atoms with E-state index in [1.165, 1.54) is 38.2 Å². The van der Waals surface area contributed by atoms with E-state index in [-0.39, 0.29) is 5.91 Å². The predicted molar refractivity (Wildman–Crippen MR) is 335 cm³/mol. The molecule has 13 nitrogen and oxygen atoms in total. The molecule has 5 aliphatic rings. The second-order valence-electron chi connectivity index (χ2n) is 22.1. The zero-order valence-electron chi connectivity index (χ0n) is 48.3. The van der Waals surface area contributed by atoms with Crippen molar-refractivity contribution in [3.05, 3.63) is 251 Å². The molecule has 0 aliphatic carbocycles. The van der Waals surface area contributed by atoms with Gasteiger partial charge in [-0.1, -0.05) is 12.1 Å². The third-order valence-electron chi connectivity index (χ3n) is 16.4. The largest absolute Gasteiger partial charge is 0.497 e. The van der Waals surface area contributed by atoms with Gasteiger partial charge in [-0.25, -0.2) is 28.7 Å². The van der Waals surface area contributed by atoms with E-state index in [1.807, 2.05) is 53.4 Å². The van der Waals surface area contributed by atoms with Crippen LogP contribution in [0.1, 0.15) is 71.3 Å². The molecule has 8 bridgehead atoms. The van der Waals surface area contributed by atoms with E-state index in [1.54, 1.807) is 7.11 Å². The molecule has 0 atom stereocenters. The van der Waals surface area contributed by atoms with Gasteiger partial charge >= 0.3 is 0 Å². The van der Waals surface area contributed by atoms with Crippen LogP contribution in [0.5, 0.6) is 11.5 Å². The topological polar surface area (TPSA) is 131 Å². The number of nitrogens with one attached hydrogen (secondary N) is 3. The molecule has 13 heteroatoms. The summed E-state index contributed by atoms with van der Waals surface area (Å²) in [7, 11) is 7.79. The van der Waals surface area contributed by atoms with E-state index in [0.717, 1.165) is 133 Å². The van der Waals surface area contributed by atoms with Crippen molar-refractivity contribution in [2.24, 2.45) is 29.1 Å². The number of carbonyl (C=O) groups excluding carboxylic acids is 1. The summed E-state index contributed by atoms with van der Waals surface area (Å²) < 4.78 is 18.2. The SMILES string of the molecule is COc1ccc2[nH]c3c(C)c4cc[n+](CCCCCC(=O)NCCCOc5ccc(C6=C7C=CC(=N7)C(=C7C=CN(C)C=C7)C7=NC(=C(c8cc[n+](C)cc8)c8ccc([nH]8)C(c8cc[n+](C)cc8)=C8C=CC6=N8)C=C7)cc5)cc4c(C)c3c2c1. The van der Waals surface area contributed by atoms with Gasteiger partial charge in [0.05, 0.1) is 53.5 Å². The Morgan fingerprint density at radius 1 is 0.583 bits per heavy atom. The number of nitrogens with zero attached hydrogens (tertiary/aromatic N) is 7. The molecule has 10 heterocycles. The molecule has 0 radical (unpaired) electrons.